The molecule has 1 aromatic heterocycles. The molecule has 23 heavy (non-hydrogen) atoms. The van der Waals surface area contributed by atoms with Crippen LogP contribution in [-0.2, 0) is 5.88 Å². The summed E-state index contributed by atoms with van der Waals surface area (Å²) >= 11 is 12.1. The Morgan fingerprint density at radius 2 is 1.96 bits per heavy atom. The Balaban J connectivity index is 1.88. The standard InChI is InChI=1S/C16H11Cl2N3O2/c17-8-13-16(10-2-1-3-11(18)6-10)21(20-19-13)12-4-5-14-15(7-12)23-9-22-14/h1-7H,8-9H2. The van der Waals surface area contributed by atoms with Crippen LogP contribution in [0.5, 0.6) is 11.5 Å². The molecule has 1 aliphatic heterocycles. The molecule has 0 aliphatic carbocycles. The van der Waals surface area contributed by atoms with Gasteiger partial charge in [-0.05, 0) is 24.3 Å². The van der Waals surface area contributed by atoms with Crippen molar-refractivity contribution in [3.8, 4) is 28.4 Å². The normalized spacial score (nSPS) is 12.6. The summed E-state index contributed by atoms with van der Waals surface area (Å²) < 4.78 is 12.5. The number of fused-ring (bicyclic) bond motifs is 1. The van der Waals surface area contributed by atoms with Crippen LogP contribution in [0.4, 0.5) is 0 Å². The van der Waals surface area contributed by atoms with Crippen LogP contribution in [0.3, 0.4) is 0 Å². The van der Waals surface area contributed by atoms with Gasteiger partial charge in [-0.1, -0.05) is 28.9 Å². The topological polar surface area (TPSA) is 49.2 Å². The van der Waals surface area contributed by atoms with Gasteiger partial charge in [0.15, 0.2) is 11.5 Å². The molecule has 3 aromatic rings. The molecular weight excluding hydrogens is 337 g/mol. The van der Waals surface area contributed by atoms with Gasteiger partial charge in [0.1, 0.15) is 5.69 Å². The molecule has 0 bridgehead atoms. The van der Waals surface area contributed by atoms with Gasteiger partial charge in [-0.25, -0.2) is 4.68 Å². The highest BCUT2D eigenvalue weighted by Crippen LogP contribution is 2.35. The van der Waals surface area contributed by atoms with Crippen molar-refractivity contribution >= 4 is 23.2 Å². The number of alkyl halides is 1. The molecule has 0 saturated carbocycles. The van der Waals surface area contributed by atoms with Crippen molar-refractivity contribution in [3.63, 3.8) is 0 Å². The number of rotatable bonds is 3. The summed E-state index contributed by atoms with van der Waals surface area (Å²) in [6.07, 6.45) is 0. The van der Waals surface area contributed by atoms with E-state index < -0.39 is 0 Å². The van der Waals surface area contributed by atoms with Gasteiger partial charge in [0, 0.05) is 16.7 Å². The van der Waals surface area contributed by atoms with E-state index in [9.17, 15) is 0 Å². The van der Waals surface area contributed by atoms with Crippen molar-refractivity contribution < 1.29 is 9.47 Å². The summed E-state index contributed by atoms with van der Waals surface area (Å²) in [4.78, 5) is 0. The third-order valence-electron chi connectivity index (χ3n) is 3.57. The highest BCUT2D eigenvalue weighted by molar-refractivity contribution is 6.30. The molecule has 116 valence electrons. The zero-order chi connectivity index (χ0) is 15.8. The molecule has 2 aromatic carbocycles. The van der Waals surface area contributed by atoms with Crippen LogP contribution in [0.2, 0.25) is 5.02 Å². The molecule has 0 N–H and O–H groups in total. The summed E-state index contributed by atoms with van der Waals surface area (Å²) in [6, 6.07) is 13.1. The second-order valence-corrected chi connectivity index (χ2v) is 5.68. The maximum Gasteiger partial charge on any atom is 0.231 e. The first-order valence-corrected chi connectivity index (χ1v) is 7.84. The first-order chi connectivity index (χ1) is 11.3. The third kappa shape index (κ3) is 2.52. The quantitative estimate of drug-likeness (QED) is 0.670. The van der Waals surface area contributed by atoms with Gasteiger partial charge in [0.2, 0.25) is 6.79 Å². The number of hydrogen-bond acceptors (Lipinski definition) is 4. The van der Waals surface area contributed by atoms with E-state index in [0.717, 1.165) is 22.7 Å². The Morgan fingerprint density at radius 3 is 2.78 bits per heavy atom. The molecule has 5 nitrogen and oxygen atoms in total. The van der Waals surface area contributed by atoms with Crippen LogP contribution < -0.4 is 9.47 Å². The number of halogens is 2. The largest absolute Gasteiger partial charge is 0.454 e. The second-order valence-electron chi connectivity index (χ2n) is 4.98. The van der Waals surface area contributed by atoms with Gasteiger partial charge in [0.05, 0.1) is 17.3 Å². The summed E-state index contributed by atoms with van der Waals surface area (Å²) in [5.41, 5.74) is 3.21. The van der Waals surface area contributed by atoms with Gasteiger partial charge in [0.25, 0.3) is 0 Å². The molecule has 4 rings (SSSR count). The Bertz CT molecular complexity index is 880. The van der Waals surface area contributed by atoms with E-state index in [1.807, 2.05) is 42.5 Å². The fourth-order valence-corrected chi connectivity index (χ4v) is 2.90. The molecule has 2 heterocycles. The van der Waals surface area contributed by atoms with E-state index >= 15 is 0 Å². The Morgan fingerprint density at radius 1 is 1.09 bits per heavy atom. The Hall–Kier alpha value is -2.24. The fourth-order valence-electron chi connectivity index (χ4n) is 2.53. The first kappa shape index (κ1) is 14.4. The van der Waals surface area contributed by atoms with Gasteiger partial charge in [-0.2, -0.15) is 0 Å². The van der Waals surface area contributed by atoms with Crippen molar-refractivity contribution in [2.75, 3.05) is 6.79 Å². The van der Waals surface area contributed by atoms with Crippen molar-refractivity contribution in [1.29, 1.82) is 0 Å². The SMILES string of the molecule is ClCc1nnn(-c2ccc3c(c2)OCO3)c1-c1cccc(Cl)c1. The van der Waals surface area contributed by atoms with Crippen molar-refractivity contribution in [2.24, 2.45) is 0 Å². The molecule has 0 fully saturated rings. The lowest BCUT2D eigenvalue weighted by Gasteiger charge is -2.09. The smallest absolute Gasteiger partial charge is 0.231 e. The number of aromatic nitrogens is 3. The van der Waals surface area contributed by atoms with Crippen molar-refractivity contribution in [2.45, 2.75) is 5.88 Å². The van der Waals surface area contributed by atoms with Crippen molar-refractivity contribution in [3.05, 3.63) is 53.2 Å². The van der Waals surface area contributed by atoms with Crippen LogP contribution in [0, 0.1) is 0 Å². The summed E-state index contributed by atoms with van der Waals surface area (Å²) in [5.74, 6) is 1.66. The Labute approximate surface area is 142 Å². The van der Waals surface area contributed by atoms with Crippen molar-refractivity contribution in [1.82, 2.24) is 15.0 Å². The Kier molecular flexibility index (Phi) is 3.59. The predicted octanol–water partition coefficient (Wildman–Crippen LogP) is 4.06. The fraction of sp³-hybridized carbons (Fsp3) is 0.125. The molecule has 1 aliphatic rings. The van der Waals surface area contributed by atoms with Crippen LogP contribution >= 0.6 is 23.2 Å². The monoisotopic (exact) mass is 347 g/mol. The maximum atomic E-state index is 6.11. The molecule has 0 spiro atoms. The van der Waals surface area contributed by atoms with E-state index in [4.69, 9.17) is 32.7 Å². The van der Waals surface area contributed by atoms with Gasteiger partial charge >= 0.3 is 0 Å². The second kappa shape index (κ2) is 5.76. The minimum Gasteiger partial charge on any atom is -0.454 e. The predicted molar refractivity (Wildman–Crippen MR) is 87.5 cm³/mol. The highest BCUT2D eigenvalue weighted by Gasteiger charge is 2.19. The molecule has 0 radical (unpaired) electrons. The molecule has 0 amide bonds. The molecule has 0 saturated heterocycles. The van der Waals surface area contributed by atoms with Crippen LogP contribution in [0.1, 0.15) is 5.69 Å². The number of nitrogens with zero attached hydrogens (tertiary/aromatic N) is 3. The van der Waals surface area contributed by atoms with E-state index in [0.29, 0.717) is 16.5 Å². The minimum atomic E-state index is 0.226. The molecule has 7 heteroatoms. The zero-order valence-electron chi connectivity index (χ0n) is 11.9. The maximum absolute atomic E-state index is 6.11. The lowest BCUT2D eigenvalue weighted by Crippen LogP contribution is -2.00. The number of ether oxygens (including phenoxy) is 2. The van der Waals surface area contributed by atoms with Crippen LogP contribution in [-0.4, -0.2) is 21.8 Å². The van der Waals surface area contributed by atoms with Crippen LogP contribution in [0.15, 0.2) is 42.5 Å². The average molecular weight is 348 g/mol. The first-order valence-electron chi connectivity index (χ1n) is 6.93. The van der Waals surface area contributed by atoms with Gasteiger partial charge in [-0.3, -0.25) is 0 Å². The van der Waals surface area contributed by atoms with Gasteiger partial charge in [-0.15, -0.1) is 16.7 Å². The molecule has 0 unspecified atom stereocenters. The highest BCUT2D eigenvalue weighted by atomic mass is 35.5. The zero-order valence-corrected chi connectivity index (χ0v) is 13.4. The summed E-state index contributed by atoms with van der Waals surface area (Å²) in [5, 5.41) is 9.05. The minimum absolute atomic E-state index is 0.226. The van der Waals surface area contributed by atoms with E-state index in [2.05, 4.69) is 10.3 Å². The number of hydrogen-bond donors (Lipinski definition) is 0. The lowest BCUT2D eigenvalue weighted by molar-refractivity contribution is 0.174. The van der Waals surface area contributed by atoms with E-state index in [1.165, 1.54) is 0 Å². The average Bonchev–Trinajstić information content (AvgIpc) is 3.20. The van der Waals surface area contributed by atoms with E-state index in [-0.39, 0.29) is 12.7 Å². The summed E-state index contributed by atoms with van der Waals surface area (Å²) in [6.45, 7) is 0.226. The third-order valence-corrected chi connectivity index (χ3v) is 4.05. The summed E-state index contributed by atoms with van der Waals surface area (Å²) in [7, 11) is 0. The molecule has 0 atom stereocenters. The van der Waals surface area contributed by atoms with E-state index in [1.54, 1.807) is 4.68 Å². The van der Waals surface area contributed by atoms with Crippen LogP contribution in [0.25, 0.3) is 16.9 Å². The van der Waals surface area contributed by atoms with Gasteiger partial charge < -0.3 is 9.47 Å². The lowest BCUT2D eigenvalue weighted by atomic mass is 10.1. The molecular formula is C16H11Cl2N3O2. The number of benzene rings is 2.